The first-order valence-electron chi connectivity index (χ1n) is 5.49. The molecule has 2 aromatic rings. The fraction of sp³-hybridized carbons (Fsp3) is 0.0667. The van der Waals surface area contributed by atoms with Crippen LogP contribution in [0.1, 0.15) is 20.7 Å². The van der Waals surface area contributed by atoms with E-state index in [0.29, 0.717) is 11.1 Å². The van der Waals surface area contributed by atoms with Gasteiger partial charge >= 0.3 is 125 Å². The summed E-state index contributed by atoms with van der Waals surface area (Å²) >= 11 is -2.61. The molecule has 0 spiro atoms. The van der Waals surface area contributed by atoms with Crippen LogP contribution in [-0.2, 0) is 0 Å². The van der Waals surface area contributed by atoms with Crippen molar-refractivity contribution >= 4 is 0.355 Å². The van der Waals surface area contributed by atoms with Crippen LogP contribution in [0.4, 0.5) is 0 Å². The molecule has 0 aromatic heterocycles. The Balaban J connectivity index is 2.20. The minimum atomic E-state index is -2.61. The first-order valence-corrected chi connectivity index (χ1v) is 10.3. The Kier molecular flexibility index (Phi) is 4.98. The fourth-order valence-corrected chi connectivity index (χ4v) is 4.95. The molecule has 0 aliphatic rings. The molecule has 92 valence electrons. The zero-order chi connectivity index (χ0) is 13.0. The number of hydrogen-bond acceptors (Lipinski definition) is 2. The third-order valence-corrected chi connectivity index (χ3v) is 7.22. The average molecular weight is 377 g/mol. The molecule has 0 radical (unpaired) electrons. The Bertz CT molecular complexity index is 498. The molecule has 0 bridgehead atoms. The molecule has 2 aromatic carbocycles. The zero-order valence-electron chi connectivity index (χ0n) is 9.97. The van der Waals surface area contributed by atoms with Crippen molar-refractivity contribution < 1.29 is 51.9 Å². The third kappa shape index (κ3) is 3.22. The predicted molar refractivity (Wildman–Crippen MR) is 67.4 cm³/mol. The fourth-order valence-electron chi connectivity index (χ4n) is 1.54. The van der Waals surface area contributed by atoms with Gasteiger partial charge in [-0.25, -0.2) is 0 Å². The maximum atomic E-state index is 12.2. The third-order valence-electron chi connectivity index (χ3n) is 2.52. The maximum absolute atomic E-state index is 12.2. The molecule has 0 unspecified atom stereocenters. The summed E-state index contributed by atoms with van der Waals surface area (Å²) in [6.45, 7) is 0. The second-order valence-corrected chi connectivity index (χ2v) is 8.99. The van der Waals surface area contributed by atoms with Gasteiger partial charge < -0.3 is 0 Å². The van der Waals surface area contributed by atoms with Crippen LogP contribution in [0.2, 0.25) is 1.32 Å². The second-order valence-electron chi connectivity index (χ2n) is 3.75. The Morgan fingerprint density at radius 3 is 1.39 bits per heavy atom. The van der Waals surface area contributed by atoms with E-state index < -0.39 is 42.3 Å². The van der Waals surface area contributed by atoms with Gasteiger partial charge in [0, 0.05) is 0 Å². The van der Waals surface area contributed by atoms with E-state index in [9.17, 15) is 9.59 Å². The normalized spacial score (nSPS) is 10.8. The van der Waals surface area contributed by atoms with Crippen molar-refractivity contribution in [3.63, 3.8) is 0 Å². The van der Waals surface area contributed by atoms with E-state index in [1.54, 1.807) is 24.3 Å². The van der Waals surface area contributed by atoms with Gasteiger partial charge in [0.2, 0.25) is 0 Å². The number of hydrogen-bond donors (Lipinski definition) is 0. The van der Waals surface area contributed by atoms with Gasteiger partial charge in [0.05, 0.1) is 0 Å². The Morgan fingerprint density at radius 2 is 1.06 bits per heavy atom. The first-order chi connectivity index (χ1) is 8.70. The monoisotopic (exact) mass is 378 g/mol. The zero-order valence-corrected chi connectivity index (χ0v) is 12.4. The van der Waals surface area contributed by atoms with Gasteiger partial charge in [0.25, 0.3) is 0 Å². The molecule has 0 N–H and O–H groups in total. The van der Waals surface area contributed by atoms with Crippen molar-refractivity contribution in [3.8, 4) is 0 Å². The molecule has 3 heteroatoms. The molecule has 2 rings (SSSR count). The summed E-state index contributed by atoms with van der Waals surface area (Å²) in [5.41, 5.74) is 1.32. The molecule has 0 fully saturated rings. The Morgan fingerprint density at radius 1 is 0.722 bits per heavy atom. The molecule has 0 aliphatic heterocycles. The van der Waals surface area contributed by atoms with Gasteiger partial charge in [-0.1, -0.05) is 0 Å². The van der Waals surface area contributed by atoms with Crippen molar-refractivity contribution in [2.24, 2.45) is 0 Å². The van der Waals surface area contributed by atoms with E-state index >= 15 is 0 Å². The van der Waals surface area contributed by atoms with Gasteiger partial charge in [-0.05, 0) is 0 Å². The molecule has 0 aliphatic carbocycles. The molecule has 2 nitrogen and oxygen atoms in total. The minimum absolute atomic E-state index is 0.0504. The van der Waals surface area contributed by atoms with Crippen LogP contribution in [0.5, 0.6) is 0 Å². The molecule has 18 heavy (non-hydrogen) atoms. The summed E-state index contributed by atoms with van der Waals surface area (Å²) in [7, 11) is 0. The van der Waals surface area contributed by atoms with E-state index in [2.05, 4.69) is 0 Å². The average Bonchev–Trinajstić information content (AvgIpc) is 2.47. The number of carbonyl (C=O) groups is 2. The quantitative estimate of drug-likeness (QED) is 0.819. The van der Waals surface area contributed by atoms with Crippen LogP contribution in [0.15, 0.2) is 60.7 Å². The van der Waals surface area contributed by atoms with E-state index in [-0.39, 0.29) is 0.355 Å². The van der Waals surface area contributed by atoms with Crippen LogP contribution in [-0.4, -0.2) is 0.355 Å². The van der Waals surface area contributed by atoms with Gasteiger partial charge in [0.1, 0.15) is 0 Å². The molecular weight excluding hydrogens is 364 g/mol. The van der Waals surface area contributed by atoms with Crippen molar-refractivity contribution in [1.82, 2.24) is 0 Å². The predicted octanol–water partition coefficient (Wildman–Crippen LogP) is 3.34. The number of rotatable bonds is 4. The molecule has 0 amide bonds. The van der Waals surface area contributed by atoms with Gasteiger partial charge in [-0.3, -0.25) is 0 Å². The first kappa shape index (κ1) is 13.8. The number of benzene rings is 2. The summed E-state index contributed by atoms with van der Waals surface area (Å²) in [6, 6.07) is 18.2. The summed E-state index contributed by atoms with van der Waals surface area (Å²) < 4.78 is 1.94. The van der Waals surface area contributed by atoms with Crippen LogP contribution < -0.4 is 0 Å². The van der Waals surface area contributed by atoms with Crippen molar-refractivity contribution in [2.45, 2.75) is 1.32 Å². The van der Waals surface area contributed by atoms with Crippen LogP contribution in [0.25, 0.3) is 0 Å². The molecule has 0 heterocycles. The molecule has 0 saturated carbocycles. The summed E-state index contributed by atoms with van der Waals surface area (Å²) in [5.74, 6) is 0. The molecule has 0 atom stereocenters. The number of carbonyl (C=O) groups excluding carboxylic acids is 2. The Hall–Kier alpha value is -0.636. The van der Waals surface area contributed by atoms with Gasteiger partial charge in [0.15, 0.2) is 0 Å². The van der Waals surface area contributed by atoms with Crippen LogP contribution >= 0.6 is 0 Å². The topological polar surface area (TPSA) is 34.1 Å². The van der Waals surface area contributed by atoms with Gasteiger partial charge in [-0.15, -0.1) is 0 Å². The SMILES string of the molecule is [CH3][Eu]([C](=O)c1ccccc1)[C](=O)c1ccccc1. The van der Waals surface area contributed by atoms with Crippen molar-refractivity contribution in [1.29, 1.82) is 0 Å². The van der Waals surface area contributed by atoms with E-state index in [0.717, 1.165) is 0 Å². The Labute approximate surface area is 124 Å². The van der Waals surface area contributed by atoms with Crippen LogP contribution in [0.3, 0.4) is 0 Å². The van der Waals surface area contributed by atoms with Crippen LogP contribution in [0, 0.1) is 42.3 Å². The van der Waals surface area contributed by atoms with E-state index in [1.807, 2.05) is 37.7 Å². The second kappa shape index (κ2) is 6.51. The molecular formula is C15H13EuO2. The van der Waals surface area contributed by atoms with Crippen molar-refractivity contribution in [2.75, 3.05) is 0 Å². The van der Waals surface area contributed by atoms with E-state index in [1.165, 1.54) is 0 Å². The summed E-state index contributed by atoms with van der Waals surface area (Å²) in [5, 5.41) is 0. The van der Waals surface area contributed by atoms with E-state index in [4.69, 9.17) is 0 Å². The van der Waals surface area contributed by atoms with Crippen molar-refractivity contribution in [3.05, 3.63) is 71.8 Å². The molecule has 0 saturated heterocycles. The summed E-state index contributed by atoms with van der Waals surface area (Å²) in [4.78, 5) is 24.4. The summed E-state index contributed by atoms with van der Waals surface area (Å²) in [6.07, 6.45) is 0. The standard InChI is InChI=1S/2C7H5O.CH3.Eu/c2*8-6-7-4-2-1-3-5-7;;/h2*1-5H;1H3;. The van der Waals surface area contributed by atoms with Gasteiger partial charge in [-0.2, -0.15) is 0 Å².